The van der Waals surface area contributed by atoms with Crippen LogP contribution in [0, 0.1) is 5.41 Å². The summed E-state index contributed by atoms with van der Waals surface area (Å²) in [5.41, 5.74) is 3.12. The highest BCUT2D eigenvalue weighted by atomic mass is 16.5. The second kappa shape index (κ2) is 4.37. The minimum atomic E-state index is -0.303. The number of hydrogen-bond donors (Lipinski definition) is 1. The number of fused-ring (bicyclic) bond motifs is 1. The molecule has 1 aromatic carbocycles. The lowest BCUT2D eigenvalue weighted by Crippen LogP contribution is -2.31. The molecule has 0 radical (unpaired) electrons. The van der Waals surface area contributed by atoms with Gasteiger partial charge in [0.15, 0.2) is 0 Å². The van der Waals surface area contributed by atoms with Gasteiger partial charge in [-0.3, -0.25) is 4.79 Å². The van der Waals surface area contributed by atoms with Crippen molar-refractivity contribution in [3.05, 3.63) is 34.9 Å². The van der Waals surface area contributed by atoms with E-state index in [0.717, 1.165) is 25.8 Å². The number of carbonyl (C=O) groups excluding carboxylic acids is 2. The number of hydrogen-bond acceptors (Lipinski definition) is 3. The van der Waals surface area contributed by atoms with Gasteiger partial charge in [0.25, 0.3) is 0 Å². The number of rotatable bonds is 1. The van der Waals surface area contributed by atoms with E-state index in [-0.39, 0.29) is 17.3 Å². The third kappa shape index (κ3) is 2.11. The molecule has 1 fully saturated rings. The number of carbonyl (C=O) groups is 2. The van der Waals surface area contributed by atoms with Crippen LogP contribution in [0.3, 0.4) is 0 Å². The minimum absolute atomic E-state index is 0.0544. The third-order valence-electron chi connectivity index (χ3n) is 4.31. The highest BCUT2D eigenvalue weighted by Crippen LogP contribution is 2.40. The number of nitrogens with one attached hydrogen (secondary N) is 1. The predicted molar refractivity (Wildman–Crippen MR) is 69.9 cm³/mol. The maximum absolute atomic E-state index is 11.6. The van der Waals surface area contributed by atoms with E-state index >= 15 is 0 Å². The fourth-order valence-electron chi connectivity index (χ4n) is 3.22. The number of methoxy groups -OCH3 is 1. The lowest BCUT2D eigenvalue weighted by Gasteiger charge is -2.33. The first kappa shape index (κ1) is 12.2. The molecule has 19 heavy (non-hydrogen) atoms. The van der Waals surface area contributed by atoms with E-state index in [1.807, 2.05) is 18.2 Å². The van der Waals surface area contributed by atoms with Gasteiger partial charge < -0.3 is 10.1 Å². The molecule has 100 valence electrons. The fraction of sp³-hybridized carbons (Fsp3) is 0.467. The molecular formula is C15H17NO3. The van der Waals surface area contributed by atoms with Gasteiger partial charge in [-0.15, -0.1) is 0 Å². The average Bonchev–Trinajstić information content (AvgIpc) is 2.78. The molecule has 1 atom stereocenters. The van der Waals surface area contributed by atoms with Gasteiger partial charge >= 0.3 is 5.97 Å². The van der Waals surface area contributed by atoms with Crippen LogP contribution in [-0.2, 0) is 22.4 Å². The zero-order valence-electron chi connectivity index (χ0n) is 11.0. The summed E-state index contributed by atoms with van der Waals surface area (Å²) in [6.07, 6.45) is 3.49. The van der Waals surface area contributed by atoms with E-state index in [9.17, 15) is 9.59 Å². The largest absolute Gasteiger partial charge is 0.465 e. The molecule has 0 aromatic heterocycles. The molecule has 1 aliphatic carbocycles. The van der Waals surface area contributed by atoms with Gasteiger partial charge in [0, 0.05) is 18.4 Å². The van der Waals surface area contributed by atoms with Crippen molar-refractivity contribution in [2.24, 2.45) is 5.41 Å². The topological polar surface area (TPSA) is 55.4 Å². The van der Waals surface area contributed by atoms with Gasteiger partial charge in [-0.25, -0.2) is 4.79 Å². The molecule has 3 rings (SSSR count). The molecule has 1 heterocycles. The summed E-state index contributed by atoms with van der Waals surface area (Å²) in [6, 6.07) is 5.75. The molecule has 4 nitrogen and oxygen atoms in total. The molecule has 1 amide bonds. The van der Waals surface area contributed by atoms with Gasteiger partial charge in [-0.2, -0.15) is 0 Å². The Morgan fingerprint density at radius 3 is 2.84 bits per heavy atom. The number of amides is 1. The monoisotopic (exact) mass is 259 g/mol. The van der Waals surface area contributed by atoms with Crippen LogP contribution in [0.25, 0.3) is 0 Å². The van der Waals surface area contributed by atoms with Crippen LogP contribution in [0.4, 0.5) is 0 Å². The van der Waals surface area contributed by atoms with Crippen molar-refractivity contribution in [1.29, 1.82) is 0 Å². The fourth-order valence-corrected chi connectivity index (χ4v) is 3.22. The van der Waals surface area contributed by atoms with E-state index in [2.05, 4.69) is 5.32 Å². The van der Waals surface area contributed by atoms with E-state index in [1.54, 1.807) is 0 Å². The number of aryl methyl sites for hydroxylation is 1. The summed E-state index contributed by atoms with van der Waals surface area (Å²) in [6.45, 7) is 0.758. The number of ether oxygens (including phenoxy) is 1. The molecule has 1 spiro atoms. The third-order valence-corrected chi connectivity index (χ3v) is 4.31. The summed E-state index contributed by atoms with van der Waals surface area (Å²) < 4.78 is 4.76. The van der Waals surface area contributed by atoms with Crippen LogP contribution >= 0.6 is 0 Å². The first-order chi connectivity index (χ1) is 9.12. The van der Waals surface area contributed by atoms with Gasteiger partial charge in [0.2, 0.25) is 5.91 Å². The van der Waals surface area contributed by atoms with Gasteiger partial charge in [0.05, 0.1) is 12.7 Å². The zero-order valence-corrected chi connectivity index (χ0v) is 11.0. The second-order valence-electron chi connectivity index (χ2n) is 5.61. The maximum atomic E-state index is 11.6. The van der Waals surface area contributed by atoms with Gasteiger partial charge in [0.1, 0.15) is 0 Å². The Hall–Kier alpha value is -1.84. The first-order valence-corrected chi connectivity index (χ1v) is 6.59. The van der Waals surface area contributed by atoms with Crippen molar-refractivity contribution in [3.8, 4) is 0 Å². The summed E-state index contributed by atoms with van der Waals surface area (Å²) >= 11 is 0. The van der Waals surface area contributed by atoms with Crippen molar-refractivity contribution in [3.63, 3.8) is 0 Å². The molecule has 0 saturated carbocycles. The number of benzene rings is 1. The molecule has 1 saturated heterocycles. The van der Waals surface area contributed by atoms with Crippen molar-refractivity contribution < 1.29 is 14.3 Å². The van der Waals surface area contributed by atoms with Crippen LogP contribution in [0.5, 0.6) is 0 Å². The number of esters is 1. The molecule has 1 N–H and O–H groups in total. The highest BCUT2D eigenvalue weighted by Gasteiger charge is 2.40. The SMILES string of the molecule is COC(=O)c1ccc2c(c1)C[C@@]1(CC2)CNC(=O)C1. The van der Waals surface area contributed by atoms with Crippen LogP contribution in [0.2, 0.25) is 0 Å². The van der Waals surface area contributed by atoms with E-state index in [0.29, 0.717) is 12.0 Å². The van der Waals surface area contributed by atoms with Crippen LogP contribution < -0.4 is 5.32 Å². The Morgan fingerprint density at radius 1 is 1.32 bits per heavy atom. The summed E-state index contributed by atoms with van der Waals surface area (Å²) in [5.74, 6) is -0.157. The van der Waals surface area contributed by atoms with Crippen molar-refractivity contribution >= 4 is 11.9 Å². The molecule has 2 aliphatic rings. The Bertz CT molecular complexity index is 552. The summed E-state index contributed by atoms with van der Waals surface area (Å²) in [5, 5.41) is 2.93. The molecular weight excluding hydrogens is 242 g/mol. The quantitative estimate of drug-likeness (QED) is 0.777. The Morgan fingerprint density at radius 2 is 2.16 bits per heavy atom. The molecule has 1 aliphatic heterocycles. The lowest BCUT2D eigenvalue weighted by atomic mass is 9.71. The highest BCUT2D eigenvalue weighted by molar-refractivity contribution is 5.89. The Balaban J connectivity index is 1.90. The Labute approximate surface area is 112 Å². The molecule has 1 aromatic rings. The van der Waals surface area contributed by atoms with Crippen molar-refractivity contribution in [1.82, 2.24) is 5.32 Å². The summed E-state index contributed by atoms with van der Waals surface area (Å²) in [7, 11) is 1.39. The van der Waals surface area contributed by atoms with Crippen molar-refractivity contribution in [2.45, 2.75) is 25.7 Å². The lowest BCUT2D eigenvalue weighted by molar-refractivity contribution is -0.119. The molecule has 0 unspecified atom stereocenters. The van der Waals surface area contributed by atoms with Crippen LogP contribution in [0.15, 0.2) is 18.2 Å². The minimum Gasteiger partial charge on any atom is -0.465 e. The smallest absolute Gasteiger partial charge is 0.337 e. The van der Waals surface area contributed by atoms with E-state index in [4.69, 9.17) is 4.74 Å². The molecule has 4 heteroatoms. The first-order valence-electron chi connectivity index (χ1n) is 6.59. The zero-order chi connectivity index (χ0) is 13.5. The predicted octanol–water partition coefficient (Wildman–Crippen LogP) is 1.47. The average molecular weight is 259 g/mol. The second-order valence-corrected chi connectivity index (χ2v) is 5.61. The van der Waals surface area contributed by atoms with Crippen molar-refractivity contribution in [2.75, 3.05) is 13.7 Å². The Kier molecular flexibility index (Phi) is 2.81. The van der Waals surface area contributed by atoms with E-state index in [1.165, 1.54) is 18.2 Å². The van der Waals surface area contributed by atoms with Gasteiger partial charge in [-0.05, 0) is 42.5 Å². The maximum Gasteiger partial charge on any atom is 0.337 e. The summed E-state index contributed by atoms with van der Waals surface area (Å²) in [4.78, 5) is 23.0. The van der Waals surface area contributed by atoms with Gasteiger partial charge in [-0.1, -0.05) is 6.07 Å². The van der Waals surface area contributed by atoms with E-state index < -0.39 is 0 Å². The normalized spacial score (nSPS) is 25.0. The standard InChI is InChI=1S/C15H17NO3/c1-19-14(18)11-3-2-10-4-5-15(7-12(10)6-11)8-13(17)16-9-15/h2-3,6H,4-5,7-9H2,1H3,(H,16,17)/t15-/m1/s1. The molecule has 0 bridgehead atoms. The van der Waals surface area contributed by atoms with Crippen LogP contribution in [0.1, 0.15) is 34.3 Å². The van der Waals surface area contributed by atoms with Crippen LogP contribution in [-0.4, -0.2) is 25.5 Å².